The fourth-order valence-corrected chi connectivity index (χ4v) is 3.19. The van der Waals surface area contributed by atoms with Gasteiger partial charge in [0.1, 0.15) is 6.61 Å². The van der Waals surface area contributed by atoms with E-state index in [9.17, 15) is 9.59 Å². The van der Waals surface area contributed by atoms with Crippen molar-refractivity contribution in [2.45, 2.75) is 51.7 Å². The smallest absolute Gasteiger partial charge is 0.407 e. The highest BCUT2D eigenvalue weighted by atomic mass is 16.5. The first-order valence-electron chi connectivity index (χ1n) is 8.10. The third-order valence-electron chi connectivity index (χ3n) is 4.73. The summed E-state index contributed by atoms with van der Waals surface area (Å²) in [6.07, 6.45) is 2.53. The molecule has 0 aliphatic heterocycles. The SMILES string of the molecule is CC(C)(NC(=O)OCc1ccccc1)[C@H]1CC[C@H](C(=O)O)CC1. The topological polar surface area (TPSA) is 75.6 Å². The summed E-state index contributed by atoms with van der Waals surface area (Å²) in [5.41, 5.74) is 0.541. The van der Waals surface area contributed by atoms with E-state index >= 15 is 0 Å². The lowest BCUT2D eigenvalue weighted by Crippen LogP contribution is -2.50. The van der Waals surface area contributed by atoms with Gasteiger partial charge in [-0.3, -0.25) is 4.79 Å². The van der Waals surface area contributed by atoms with Crippen LogP contribution in [0, 0.1) is 11.8 Å². The molecule has 0 bridgehead atoms. The highest BCUT2D eigenvalue weighted by Crippen LogP contribution is 2.35. The average molecular weight is 319 g/mol. The number of rotatable bonds is 5. The molecule has 0 atom stereocenters. The first kappa shape index (κ1) is 17.3. The predicted octanol–water partition coefficient (Wildman–Crippen LogP) is 3.58. The minimum absolute atomic E-state index is 0.243. The molecule has 1 aromatic carbocycles. The maximum absolute atomic E-state index is 12.0. The molecular formula is C18H25NO4. The van der Waals surface area contributed by atoms with Gasteiger partial charge in [-0.1, -0.05) is 30.3 Å². The third kappa shape index (κ3) is 4.98. The Morgan fingerprint density at radius 2 is 1.78 bits per heavy atom. The van der Waals surface area contributed by atoms with E-state index in [2.05, 4.69) is 5.32 Å². The van der Waals surface area contributed by atoms with Crippen LogP contribution < -0.4 is 5.32 Å². The Bertz CT molecular complexity index is 533. The molecule has 0 heterocycles. The number of amides is 1. The second kappa shape index (κ2) is 7.49. The zero-order valence-corrected chi connectivity index (χ0v) is 13.7. The Morgan fingerprint density at radius 1 is 1.17 bits per heavy atom. The van der Waals surface area contributed by atoms with Gasteiger partial charge in [0.05, 0.1) is 5.92 Å². The molecule has 1 aliphatic rings. The molecule has 0 spiro atoms. The molecule has 23 heavy (non-hydrogen) atoms. The molecule has 2 N–H and O–H groups in total. The minimum atomic E-state index is -0.712. The lowest BCUT2D eigenvalue weighted by molar-refractivity contribution is -0.143. The van der Waals surface area contributed by atoms with Crippen molar-refractivity contribution in [2.24, 2.45) is 11.8 Å². The monoisotopic (exact) mass is 319 g/mol. The van der Waals surface area contributed by atoms with E-state index in [0.717, 1.165) is 18.4 Å². The first-order valence-corrected chi connectivity index (χ1v) is 8.10. The maximum Gasteiger partial charge on any atom is 0.407 e. The quantitative estimate of drug-likeness (QED) is 0.869. The highest BCUT2D eigenvalue weighted by Gasteiger charge is 2.36. The van der Waals surface area contributed by atoms with Gasteiger partial charge in [-0.15, -0.1) is 0 Å². The van der Waals surface area contributed by atoms with E-state index < -0.39 is 17.6 Å². The molecule has 2 rings (SSSR count). The van der Waals surface area contributed by atoms with Crippen LogP contribution in [0.15, 0.2) is 30.3 Å². The number of carboxylic acids is 1. The van der Waals surface area contributed by atoms with Crippen LogP contribution in [-0.4, -0.2) is 22.7 Å². The fraction of sp³-hybridized carbons (Fsp3) is 0.556. The number of carbonyl (C=O) groups excluding carboxylic acids is 1. The zero-order chi connectivity index (χ0) is 16.9. The van der Waals surface area contributed by atoms with Crippen LogP contribution in [0.4, 0.5) is 4.79 Å². The van der Waals surface area contributed by atoms with Gasteiger partial charge in [-0.05, 0) is 51.0 Å². The third-order valence-corrected chi connectivity index (χ3v) is 4.73. The number of ether oxygens (including phenoxy) is 1. The molecule has 1 aromatic rings. The molecule has 1 fully saturated rings. The summed E-state index contributed by atoms with van der Waals surface area (Å²) in [6, 6.07) is 9.54. The Balaban J connectivity index is 1.81. The number of carboxylic acid groups (broad SMARTS) is 1. The van der Waals surface area contributed by atoms with E-state index in [0.29, 0.717) is 12.8 Å². The minimum Gasteiger partial charge on any atom is -0.481 e. The Morgan fingerprint density at radius 3 is 2.35 bits per heavy atom. The lowest BCUT2D eigenvalue weighted by atomic mass is 9.73. The Labute approximate surface area is 137 Å². The van der Waals surface area contributed by atoms with Crippen molar-refractivity contribution < 1.29 is 19.4 Å². The van der Waals surface area contributed by atoms with Gasteiger partial charge >= 0.3 is 12.1 Å². The molecule has 5 nitrogen and oxygen atoms in total. The summed E-state index contributed by atoms with van der Waals surface area (Å²) in [4.78, 5) is 23.0. The van der Waals surface area contributed by atoms with Crippen molar-refractivity contribution in [2.75, 3.05) is 0 Å². The number of benzene rings is 1. The molecule has 5 heteroatoms. The van der Waals surface area contributed by atoms with Crippen molar-refractivity contribution >= 4 is 12.1 Å². The van der Waals surface area contributed by atoms with Gasteiger partial charge < -0.3 is 15.2 Å². The average Bonchev–Trinajstić information content (AvgIpc) is 2.53. The molecule has 0 radical (unpaired) electrons. The van der Waals surface area contributed by atoms with Gasteiger partial charge in [0.15, 0.2) is 0 Å². The summed E-state index contributed by atoms with van der Waals surface area (Å²) in [5.74, 6) is -0.689. The number of nitrogens with one attached hydrogen (secondary N) is 1. The Hall–Kier alpha value is -2.04. The molecule has 1 amide bonds. The van der Waals surface area contributed by atoms with Gasteiger partial charge in [-0.25, -0.2) is 4.79 Å². The largest absolute Gasteiger partial charge is 0.481 e. The van der Waals surface area contributed by atoms with Crippen molar-refractivity contribution in [3.63, 3.8) is 0 Å². The van der Waals surface area contributed by atoms with Crippen LogP contribution in [0.3, 0.4) is 0 Å². The second-order valence-electron chi connectivity index (χ2n) is 6.80. The zero-order valence-electron chi connectivity index (χ0n) is 13.7. The summed E-state index contributed by atoms with van der Waals surface area (Å²) in [7, 11) is 0. The highest BCUT2D eigenvalue weighted by molar-refractivity contribution is 5.70. The molecule has 126 valence electrons. The molecule has 1 aliphatic carbocycles. The summed E-state index contributed by atoms with van der Waals surface area (Å²) < 4.78 is 5.27. The Kier molecular flexibility index (Phi) is 5.64. The predicted molar refractivity (Wildman–Crippen MR) is 86.9 cm³/mol. The van der Waals surface area contributed by atoms with Crippen molar-refractivity contribution in [3.05, 3.63) is 35.9 Å². The molecule has 1 saturated carbocycles. The van der Waals surface area contributed by atoms with Crippen molar-refractivity contribution in [1.82, 2.24) is 5.32 Å². The van der Waals surface area contributed by atoms with Crippen molar-refractivity contribution in [1.29, 1.82) is 0 Å². The molecule has 0 aromatic heterocycles. The second-order valence-corrected chi connectivity index (χ2v) is 6.80. The first-order chi connectivity index (χ1) is 10.9. The van der Waals surface area contributed by atoms with E-state index in [4.69, 9.17) is 9.84 Å². The number of hydrogen-bond donors (Lipinski definition) is 2. The number of hydrogen-bond acceptors (Lipinski definition) is 3. The number of aliphatic carboxylic acids is 1. The van der Waals surface area contributed by atoms with Crippen LogP contribution >= 0.6 is 0 Å². The van der Waals surface area contributed by atoms with Crippen LogP contribution in [-0.2, 0) is 16.1 Å². The van der Waals surface area contributed by atoms with Gasteiger partial charge in [0.2, 0.25) is 0 Å². The van der Waals surface area contributed by atoms with E-state index in [1.165, 1.54) is 0 Å². The lowest BCUT2D eigenvalue weighted by Gasteiger charge is -2.38. The fourth-order valence-electron chi connectivity index (χ4n) is 3.19. The summed E-state index contributed by atoms with van der Waals surface area (Å²) in [6.45, 7) is 4.19. The number of alkyl carbamates (subject to hydrolysis) is 1. The van der Waals surface area contributed by atoms with E-state index in [-0.39, 0.29) is 18.4 Å². The molecule has 0 saturated heterocycles. The molecular weight excluding hydrogens is 294 g/mol. The standard InChI is InChI=1S/C18H25NO4/c1-18(2,15-10-8-14(9-11-15)16(20)21)19-17(22)23-12-13-6-4-3-5-7-13/h3-7,14-15H,8-12H2,1-2H3,(H,19,22)(H,20,21)/t14-,15-. The van der Waals surface area contributed by atoms with Crippen LogP contribution in [0.5, 0.6) is 0 Å². The molecule has 0 unspecified atom stereocenters. The maximum atomic E-state index is 12.0. The summed E-state index contributed by atoms with van der Waals surface area (Å²) in [5, 5.41) is 12.0. The van der Waals surface area contributed by atoms with Crippen molar-refractivity contribution in [3.8, 4) is 0 Å². The van der Waals surface area contributed by atoms with Crippen LogP contribution in [0.25, 0.3) is 0 Å². The number of carbonyl (C=O) groups is 2. The normalized spacial score (nSPS) is 21.5. The summed E-state index contributed by atoms with van der Waals surface area (Å²) >= 11 is 0. The van der Waals surface area contributed by atoms with Gasteiger partial charge in [0, 0.05) is 5.54 Å². The van der Waals surface area contributed by atoms with E-state index in [1.54, 1.807) is 0 Å². The van der Waals surface area contributed by atoms with E-state index in [1.807, 2.05) is 44.2 Å². The van der Waals surface area contributed by atoms with Crippen LogP contribution in [0.1, 0.15) is 45.1 Å². The van der Waals surface area contributed by atoms with Gasteiger partial charge in [0.25, 0.3) is 0 Å². The van der Waals surface area contributed by atoms with Crippen LogP contribution in [0.2, 0.25) is 0 Å². The van der Waals surface area contributed by atoms with Gasteiger partial charge in [-0.2, -0.15) is 0 Å².